The molecule has 1 aliphatic rings. The topological polar surface area (TPSA) is 66.0 Å². The molecule has 5 rings (SSSR count). The number of hydrogen-bond donors (Lipinski definition) is 0. The monoisotopic (exact) mass is 468 g/mol. The normalized spacial score (nSPS) is 19.9. The lowest BCUT2D eigenvalue weighted by molar-refractivity contribution is 0.00630. The molecule has 0 spiro atoms. The van der Waals surface area contributed by atoms with Gasteiger partial charge in [0.25, 0.3) is 0 Å². The number of fused-ring (bicyclic) bond motifs is 3. The maximum Gasteiger partial charge on any atom is 0.139 e. The molecule has 0 bridgehead atoms. The van der Waals surface area contributed by atoms with Gasteiger partial charge in [0.1, 0.15) is 17.1 Å². The summed E-state index contributed by atoms with van der Waals surface area (Å²) in [5.74, 6) is 2.22. The van der Waals surface area contributed by atoms with E-state index in [4.69, 9.17) is 14.2 Å². The van der Waals surface area contributed by atoms with Crippen LogP contribution < -0.4 is 0 Å². The maximum absolute atomic E-state index is 5.83. The van der Waals surface area contributed by atoms with Gasteiger partial charge in [-0.3, -0.25) is 4.98 Å². The Bertz CT molecular complexity index is 1210. The van der Waals surface area contributed by atoms with Crippen LogP contribution in [-0.4, -0.2) is 32.4 Å². The predicted molar refractivity (Wildman–Crippen MR) is 120 cm³/mol. The number of imidazole rings is 1. The van der Waals surface area contributed by atoms with E-state index in [1.54, 1.807) is 0 Å². The summed E-state index contributed by atoms with van der Waals surface area (Å²) in [4.78, 5) is 9.65. The molecular weight excluding hydrogens is 444 g/mol. The fourth-order valence-corrected chi connectivity index (χ4v) is 4.73. The van der Waals surface area contributed by atoms with Crippen molar-refractivity contribution in [3.05, 3.63) is 52.2 Å². The van der Waals surface area contributed by atoms with Crippen molar-refractivity contribution in [1.82, 2.24) is 19.7 Å². The molecule has 0 N–H and O–H groups in total. The van der Waals surface area contributed by atoms with Crippen LogP contribution in [0.2, 0.25) is 0 Å². The number of ether oxygens (including phenoxy) is 1. The van der Waals surface area contributed by atoms with Crippen LogP contribution in [0.1, 0.15) is 62.9 Å². The van der Waals surface area contributed by atoms with E-state index in [-0.39, 0.29) is 6.10 Å². The van der Waals surface area contributed by atoms with Crippen molar-refractivity contribution in [2.24, 2.45) is 0 Å². The minimum absolute atomic E-state index is 0.230. The van der Waals surface area contributed by atoms with Crippen molar-refractivity contribution in [2.45, 2.75) is 58.1 Å². The van der Waals surface area contributed by atoms with Gasteiger partial charge in [0.15, 0.2) is 0 Å². The van der Waals surface area contributed by atoms with Crippen molar-refractivity contribution in [2.75, 3.05) is 6.61 Å². The Morgan fingerprint density at radius 1 is 1.23 bits per heavy atom. The van der Waals surface area contributed by atoms with Gasteiger partial charge in [0.05, 0.1) is 35.4 Å². The first-order valence-corrected chi connectivity index (χ1v) is 11.3. The van der Waals surface area contributed by atoms with Crippen LogP contribution in [-0.2, 0) is 11.2 Å². The number of rotatable bonds is 4. The molecule has 6 nitrogen and oxygen atoms in total. The molecule has 1 fully saturated rings. The first kappa shape index (κ1) is 19.7. The molecule has 0 radical (unpaired) electrons. The SMILES string of the molecule is CC(C)c1cc(Cc2nc3cnc4ccc(Br)cc4c3n2C2CCO[C@H](C)C2)no1. The Labute approximate surface area is 183 Å². The van der Waals surface area contributed by atoms with E-state index >= 15 is 0 Å². The molecule has 1 saturated heterocycles. The Kier molecular flexibility index (Phi) is 5.11. The zero-order valence-corrected chi connectivity index (χ0v) is 19.0. The van der Waals surface area contributed by atoms with Crippen LogP contribution in [0.15, 0.2) is 39.5 Å². The minimum atomic E-state index is 0.230. The lowest BCUT2D eigenvalue weighted by atomic mass is 10.0. The summed E-state index contributed by atoms with van der Waals surface area (Å²) < 4.78 is 14.8. The standard InChI is InChI=1S/C23H25BrN4O2/c1-13(2)21-10-16(27-30-21)11-22-26-20-12-25-19-5-4-15(24)9-18(19)23(20)28(22)17-6-7-29-14(3)8-17/h4-5,9-10,12-14,17H,6-8,11H2,1-3H3/t14-,17?/m1/s1. The molecule has 1 aliphatic heterocycles. The number of benzene rings is 1. The molecule has 0 aliphatic carbocycles. The third-order valence-electron chi connectivity index (χ3n) is 5.86. The second-order valence-corrected chi connectivity index (χ2v) is 9.38. The van der Waals surface area contributed by atoms with Crippen molar-refractivity contribution in [3.63, 3.8) is 0 Å². The van der Waals surface area contributed by atoms with E-state index in [0.717, 1.165) is 63.1 Å². The Morgan fingerprint density at radius 2 is 2.10 bits per heavy atom. The second kappa shape index (κ2) is 7.78. The lowest BCUT2D eigenvalue weighted by Gasteiger charge is -2.30. The quantitative estimate of drug-likeness (QED) is 0.379. The van der Waals surface area contributed by atoms with E-state index in [0.29, 0.717) is 18.4 Å². The smallest absolute Gasteiger partial charge is 0.139 e. The summed E-state index contributed by atoms with van der Waals surface area (Å²) in [5, 5.41) is 5.42. The zero-order chi connectivity index (χ0) is 20.8. The molecule has 2 atom stereocenters. The molecular formula is C23H25BrN4O2. The summed E-state index contributed by atoms with van der Waals surface area (Å²) in [7, 11) is 0. The highest BCUT2D eigenvalue weighted by atomic mass is 79.9. The average Bonchev–Trinajstić information content (AvgIpc) is 3.33. The fourth-order valence-electron chi connectivity index (χ4n) is 4.37. The van der Waals surface area contributed by atoms with Crippen LogP contribution in [0.25, 0.3) is 21.9 Å². The third kappa shape index (κ3) is 3.54. The molecule has 1 unspecified atom stereocenters. The highest BCUT2D eigenvalue weighted by Gasteiger charge is 2.27. The number of halogens is 1. The Hall–Kier alpha value is -2.25. The van der Waals surface area contributed by atoms with Crippen molar-refractivity contribution >= 4 is 37.9 Å². The second-order valence-electron chi connectivity index (χ2n) is 8.46. The van der Waals surface area contributed by atoms with Gasteiger partial charge in [0, 0.05) is 34.5 Å². The van der Waals surface area contributed by atoms with Gasteiger partial charge in [-0.15, -0.1) is 0 Å². The molecule has 3 aromatic heterocycles. The summed E-state index contributed by atoms with van der Waals surface area (Å²) in [6.45, 7) is 7.13. The van der Waals surface area contributed by atoms with Crippen molar-refractivity contribution in [3.8, 4) is 0 Å². The summed E-state index contributed by atoms with van der Waals surface area (Å²) >= 11 is 3.63. The van der Waals surface area contributed by atoms with Gasteiger partial charge in [-0.05, 0) is 38.0 Å². The molecule has 4 aromatic rings. The molecule has 0 amide bonds. The van der Waals surface area contributed by atoms with Crippen LogP contribution in [0.3, 0.4) is 0 Å². The van der Waals surface area contributed by atoms with Crippen molar-refractivity contribution < 1.29 is 9.26 Å². The van der Waals surface area contributed by atoms with Crippen LogP contribution in [0.5, 0.6) is 0 Å². The van der Waals surface area contributed by atoms with Crippen molar-refractivity contribution in [1.29, 1.82) is 0 Å². The van der Waals surface area contributed by atoms with Gasteiger partial charge in [-0.2, -0.15) is 0 Å². The highest BCUT2D eigenvalue weighted by molar-refractivity contribution is 9.10. The molecule has 0 saturated carbocycles. The minimum Gasteiger partial charge on any atom is -0.378 e. The fraction of sp³-hybridized carbons (Fsp3) is 0.435. The average molecular weight is 469 g/mol. The number of nitrogens with zero attached hydrogens (tertiary/aromatic N) is 4. The number of hydrogen-bond acceptors (Lipinski definition) is 5. The molecule has 30 heavy (non-hydrogen) atoms. The summed E-state index contributed by atoms with van der Waals surface area (Å²) in [6.07, 6.45) is 4.68. The number of pyridine rings is 1. The van der Waals surface area contributed by atoms with Gasteiger partial charge in [0.2, 0.25) is 0 Å². The van der Waals surface area contributed by atoms with Gasteiger partial charge >= 0.3 is 0 Å². The Balaban J connectivity index is 1.69. The molecule has 4 heterocycles. The zero-order valence-electron chi connectivity index (χ0n) is 17.4. The molecule has 7 heteroatoms. The van der Waals surface area contributed by atoms with E-state index < -0.39 is 0 Å². The van der Waals surface area contributed by atoms with Gasteiger partial charge in [-0.1, -0.05) is 34.9 Å². The highest BCUT2D eigenvalue weighted by Crippen LogP contribution is 2.35. The van der Waals surface area contributed by atoms with Crippen LogP contribution in [0, 0.1) is 0 Å². The predicted octanol–water partition coefficient (Wildman–Crippen LogP) is 5.79. The van der Waals surface area contributed by atoms with Gasteiger partial charge < -0.3 is 13.8 Å². The first-order chi connectivity index (χ1) is 14.5. The van der Waals surface area contributed by atoms with E-state index in [2.05, 4.69) is 63.5 Å². The van der Waals surface area contributed by atoms with E-state index in [1.807, 2.05) is 18.3 Å². The first-order valence-electron chi connectivity index (χ1n) is 10.5. The Morgan fingerprint density at radius 3 is 2.87 bits per heavy atom. The third-order valence-corrected chi connectivity index (χ3v) is 6.35. The number of aromatic nitrogens is 4. The maximum atomic E-state index is 5.83. The molecule has 156 valence electrons. The molecule has 1 aromatic carbocycles. The summed E-state index contributed by atoms with van der Waals surface area (Å²) in [5.41, 5.74) is 3.95. The van der Waals surface area contributed by atoms with Crippen LogP contribution >= 0.6 is 15.9 Å². The van der Waals surface area contributed by atoms with Gasteiger partial charge in [-0.25, -0.2) is 4.98 Å². The van der Waals surface area contributed by atoms with E-state index in [9.17, 15) is 0 Å². The van der Waals surface area contributed by atoms with E-state index in [1.165, 1.54) is 0 Å². The lowest BCUT2D eigenvalue weighted by Crippen LogP contribution is -2.26. The largest absolute Gasteiger partial charge is 0.378 e. The van der Waals surface area contributed by atoms with Crippen LogP contribution in [0.4, 0.5) is 0 Å². The summed E-state index contributed by atoms with van der Waals surface area (Å²) in [6, 6.07) is 8.60.